The molecule has 3 heteroatoms. The summed E-state index contributed by atoms with van der Waals surface area (Å²) in [5.41, 5.74) is 1.18. The lowest BCUT2D eigenvalue weighted by atomic mass is 10.0. The Morgan fingerprint density at radius 3 is 2.88 bits per heavy atom. The third-order valence-corrected chi connectivity index (χ3v) is 3.22. The minimum absolute atomic E-state index is 0.131. The zero-order valence-corrected chi connectivity index (χ0v) is 10.8. The molecular weight excluding hydrogens is 214 g/mol. The molecule has 0 aromatic heterocycles. The molecule has 1 saturated heterocycles. The maximum absolute atomic E-state index is 6.12. The minimum atomic E-state index is 0.131. The van der Waals surface area contributed by atoms with Gasteiger partial charge in [0, 0.05) is 13.1 Å². The highest BCUT2D eigenvalue weighted by Crippen LogP contribution is 2.26. The third kappa shape index (κ3) is 2.99. The zero-order chi connectivity index (χ0) is 12.3. The van der Waals surface area contributed by atoms with E-state index in [1.54, 1.807) is 7.11 Å². The first-order valence-electron chi connectivity index (χ1n) is 6.21. The molecule has 1 aliphatic rings. The predicted molar refractivity (Wildman–Crippen MR) is 68.3 cm³/mol. The molecule has 1 heterocycles. The van der Waals surface area contributed by atoms with Gasteiger partial charge in [-0.3, -0.25) is 0 Å². The summed E-state index contributed by atoms with van der Waals surface area (Å²) in [5, 5.41) is 3.44. The average Bonchev–Trinajstić information content (AvgIpc) is 2.39. The molecule has 1 aliphatic heterocycles. The van der Waals surface area contributed by atoms with Crippen LogP contribution in [-0.2, 0) is 4.74 Å². The van der Waals surface area contributed by atoms with Crippen LogP contribution < -0.4 is 10.1 Å². The Morgan fingerprint density at radius 1 is 1.35 bits per heavy atom. The summed E-state index contributed by atoms with van der Waals surface area (Å²) in [4.78, 5) is 0. The summed E-state index contributed by atoms with van der Waals surface area (Å²) >= 11 is 0. The fraction of sp³-hybridized carbons (Fsp3) is 0.571. The number of benzene rings is 1. The molecule has 0 spiro atoms. The van der Waals surface area contributed by atoms with Crippen molar-refractivity contribution >= 4 is 0 Å². The van der Waals surface area contributed by atoms with E-state index in [-0.39, 0.29) is 6.10 Å². The van der Waals surface area contributed by atoms with Crippen molar-refractivity contribution in [2.24, 2.45) is 5.92 Å². The number of ether oxygens (including phenoxy) is 2. The molecule has 2 atom stereocenters. The lowest BCUT2D eigenvalue weighted by molar-refractivity contribution is -0.0604. The second-order valence-corrected chi connectivity index (χ2v) is 4.84. The Labute approximate surface area is 103 Å². The highest BCUT2D eigenvalue weighted by atomic mass is 16.5. The van der Waals surface area contributed by atoms with E-state index in [1.807, 2.05) is 12.1 Å². The van der Waals surface area contributed by atoms with Crippen LogP contribution in [0, 0.1) is 5.92 Å². The number of morpholine rings is 1. The van der Waals surface area contributed by atoms with Crippen LogP contribution in [0.5, 0.6) is 5.75 Å². The SMILES string of the molecule is COc1cccc(C2CNCC(C(C)C)O2)c1. The molecular formula is C14H21NO2. The van der Waals surface area contributed by atoms with E-state index in [0.717, 1.165) is 18.8 Å². The number of hydrogen-bond donors (Lipinski definition) is 1. The van der Waals surface area contributed by atoms with Crippen molar-refractivity contribution in [3.05, 3.63) is 29.8 Å². The molecule has 0 saturated carbocycles. The molecule has 1 N–H and O–H groups in total. The van der Waals surface area contributed by atoms with Crippen molar-refractivity contribution < 1.29 is 9.47 Å². The van der Waals surface area contributed by atoms with Gasteiger partial charge in [0.1, 0.15) is 5.75 Å². The van der Waals surface area contributed by atoms with E-state index in [0.29, 0.717) is 12.0 Å². The van der Waals surface area contributed by atoms with Crippen LogP contribution in [0.15, 0.2) is 24.3 Å². The molecule has 2 rings (SSSR count). The standard InChI is InChI=1S/C14H21NO2/c1-10(2)13-8-15-9-14(17-13)11-5-4-6-12(7-11)16-3/h4-7,10,13-15H,8-9H2,1-3H3. The number of nitrogens with one attached hydrogen (secondary N) is 1. The first-order valence-corrected chi connectivity index (χ1v) is 6.21. The lowest BCUT2D eigenvalue weighted by Crippen LogP contribution is -2.43. The highest BCUT2D eigenvalue weighted by Gasteiger charge is 2.25. The van der Waals surface area contributed by atoms with Gasteiger partial charge in [-0.05, 0) is 23.6 Å². The average molecular weight is 235 g/mol. The highest BCUT2D eigenvalue weighted by molar-refractivity contribution is 5.30. The van der Waals surface area contributed by atoms with Crippen molar-refractivity contribution in [2.75, 3.05) is 20.2 Å². The number of methoxy groups -OCH3 is 1. The van der Waals surface area contributed by atoms with E-state index in [9.17, 15) is 0 Å². The molecule has 1 aromatic rings. The van der Waals surface area contributed by atoms with E-state index < -0.39 is 0 Å². The van der Waals surface area contributed by atoms with Gasteiger partial charge in [0.2, 0.25) is 0 Å². The van der Waals surface area contributed by atoms with Crippen molar-refractivity contribution in [1.82, 2.24) is 5.32 Å². The van der Waals surface area contributed by atoms with Crippen molar-refractivity contribution in [3.8, 4) is 5.75 Å². The van der Waals surface area contributed by atoms with Crippen molar-refractivity contribution in [1.29, 1.82) is 0 Å². The molecule has 2 unspecified atom stereocenters. The first kappa shape index (κ1) is 12.4. The Kier molecular flexibility index (Phi) is 4.02. The monoisotopic (exact) mass is 235 g/mol. The van der Waals surface area contributed by atoms with Gasteiger partial charge in [-0.2, -0.15) is 0 Å². The van der Waals surface area contributed by atoms with Gasteiger partial charge < -0.3 is 14.8 Å². The third-order valence-electron chi connectivity index (χ3n) is 3.22. The largest absolute Gasteiger partial charge is 0.497 e. The second kappa shape index (κ2) is 5.52. The normalized spacial score (nSPS) is 24.9. The molecule has 1 aromatic carbocycles. The van der Waals surface area contributed by atoms with Crippen LogP contribution in [0.1, 0.15) is 25.5 Å². The zero-order valence-electron chi connectivity index (χ0n) is 10.8. The molecule has 94 valence electrons. The van der Waals surface area contributed by atoms with Crippen LogP contribution in [-0.4, -0.2) is 26.3 Å². The van der Waals surface area contributed by atoms with Crippen molar-refractivity contribution in [3.63, 3.8) is 0 Å². The Balaban J connectivity index is 2.10. The molecule has 0 radical (unpaired) electrons. The second-order valence-electron chi connectivity index (χ2n) is 4.84. The van der Waals surface area contributed by atoms with Crippen LogP contribution in [0.25, 0.3) is 0 Å². The van der Waals surface area contributed by atoms with Crippen LogP contribution in [0.4, 0.5) is 0 Å². The topological polar surface area (TPSA) is 30.5 Å². The fourth-order valence-electron chi connectivity index (χ4n) is 2.09. The Hall–Kier alpha value is -1.06. The van der Waals surface area contributed by atoms with Crippen molar-refractivity contribution in [2.45, 2.75) is 26.1 Å². The Morgan fingerprint density at radius 2 is 2.18 bits per heavy atom. The number of rotatable bonds is 3. The Bertz CT molecular complexity index is 365. The summed E-state index contributed by atoms with van der Waals surface area (Å²) in [5.74, 6) is 1.42. The van der Waals surface area contributed by atoms with Crippen LogP contribution in [0.2, 0.25) is 0 Å². The maximum Gasteiger partial charge on any atom is 0.119 e. The van der Waals surface area contributed by atoms with Gasteiger partial charge in [-0.15, -0.1) is 0 Å². The minimum Gasteiger partial charge on any atom is -0.497 e. The summed E-state index contributed by atoms with van der Waals surface area (Å²) in [6, 6.07) is 8.11. The quantitative estimate of drug-likeness (QED) is 0.872. The molecule has 1 fully saturated rings. The maximum atomic E-state index is 6.12. The summed E-state index contributed by atoms with van der Waals surface area (Å²) in [6.07, 6.45) is 0.422. The fourth-order valence-corrected chi connectivity index (χ4v) is 2.09. The van der Waals surface area contributed by atoms with E-state index in [4.69, 9.17) is 9.47 Å². The molecule has 17 heavy (non-hydrogen) atoms. The van der Waals surface area contributed by atoms with Gasteiger partial charge in [0.25, 0.3) is 0 Å². The van der Waals surface area contributed by atoms with Gasteiger partial charge in [0.05, 0.1) is 19.3 Å². The van der Waals surface area contributed by atoms with Gasteiger partial charge >= 0.3 is 0 Å². The molecule has 0 amide bonds. The lowest BCUT2D eigenvalue weighted by Gasteiger charge is -2.33. The van der Waals surface area contributed by atoms with Gasteiger partial charge in [-0.1, -0.05) is 26.0 Å². The predicted octanol–water partition coefficient (Wildman–Crippen LogP) is 2.38. The van der Waals surface area contributed by atoms with E-state index in [2.05, 4.69) is 31.3 Å². The van der Waals surface area contributed by atoms with E-state index >= 15 is 0 Å². The summed E-state index contributed by atoms with van der Waals surface area (Å²) in [7, 11) is 1.69. The number of hydrogen-bond acceptors (Lipinski definition) is 3. The summed E-state index contributed by atoms with van der Waals surface area (Å²) in [6.45, 7) is 6.20. The first-order chi connectivity index (χ1) is 8.20. The summed E-state index contributed by atoms with van der Waals surface area (Å²) < 4.78 is 11.4. The van der Waals surface area contributed by atoms with E-state index in [1.165, 1.54) is 5.56 Å². The van der Waals surface area contributed by atoms with Gasteiger partial charge in [0.15, 0.2) is 0 Å². The van der Waals surface area contributed by atoms with Gasteiger partial charge in [-0.25, -0.2) is 0 Å². The molecule has 0 bridgehead atoms. The van der Waals surface area contributed by atoms with Crippen LogP contribution in [0.3, 0.4) is 0 Å². The molecule has 0 aliphatic carbocycles. The van der Waals surface area contributed by atoms with Crippen LogP contribution >= 0.6 is 0 Å². The molecule has 3 nitrogen and oxygen atoms in total. The smallest absolute Gasteiger partial charge is 0.119 e.